The lowest BCUT2D eigenvalue weighted by molar-refractivity contribution is -0.127. The summed E-state index contributed by atoms with van der Waals surface area (Å²) in [4.78, 5) is 40.8. The van der Waals surface area contributed by atoms with E-state index in [1.54, 1.807) is 13.8 Å². The van der Waals surface area contributed by atoms with Crippen LogP contribution in [0.5, 0.6) is 0 Å². The molecule has 3 rings (SSSR count). The first kappa shape index (κ1) is 16.4. The van der Waals surface area contributed by atoms with Gasteiger partial charge in [0.2, 0.25) is 5.91 Å². The number of nitrogens with one attached hydrogen (secondary N) is 2. The fraction of sp³-hybridized carbons (Fsp3) is 0.643. The molecule has 2 fully saturated rings. The molecule has 0 bridgehead atoms. The van der Waals surface area contributed by atoms with Crippen molar-refractivity contribution in [3.05, 3.63) is 11.7 Å². The molecule has 4 amide bonds. The van der Waals surface area contributed by atoms with Crippen LogP contribution in [-0.2, 0) is 20.9 Å². The van der Waals surface area contributed by atoms with E-state index in [-0.39, 0.29) is 19.2 Å². The van der Waals surface area contributed by atoms with Crippen molar-refractivity contribution in [2.45, 2.75) is 44.9 Å². The van der Waals surface area contributed by atoms with Gasteiger partial charge in [-0.15, -0.1) is 0 Å². The Balaban J connectivity index is 1.52. The maximum Gasteiger partial charge on any atom is 0.325 e. The highest BCUT2D eigenvalue weighted by Crippen LogP contribution is 2.26. The third-order valence-corrected chi connectivity index (χ3v) is 4.13. The van der Waals surface area contributed by atoms with Gasteiger partial charge in [-0.1, -0.05) is 5.16 Å². The lowest BCUT2D eigenvalue weighted by atomic mass is 10.0. The molecule has 2 saturated heterocycles. The Hall–Kier alpha value is -2.49. The average molecular weight is 337 g/mol. The zero-order chi connectivity index (χ0) is 17.3. The topological polar surface area (TPSA) is 127 Å². The summed E-state index contributed by atoms with van der Waals surface area (Å²) in [5, 5.41) is 8.58. The van der Waals surface area contributed by atoms with Gasteiger partial charge in [0.05, 0.1) is 6.54 Å². The van der Waals surface area contributed by atoms with E-state index in [0.717, 1.165) is 12.8 Å². The molecular formula is C14H19N5O5. The van der Waals surface area contributed by atoms with E-state index in [1.165, 1.54) is 4.90 Å². The molecule has 10 nitrogen and oxygen atoms in total. The molecule has 1 aromatic heterocycles. The fourth-order valence-electron chi connectivity index (χ4n) is 2.58. The number of amides is 4. The minimum Gasteiger partial charge on any atom is -0.368 e. The summed E-state index contributed by atoms with van der Waals surface area (Å²) < 4.78 is 10.6. The van der Waals surface area contributed by atoms with Gasteiger partial charge in [-0.05, 0) is 26.7 Å². The predicted molar refractivity (Wildman–Crippen MR) is 78.4 cm³/mol. The number of rotatable bonds is 5. The van der Waals surface area contributed by atoms with Gasteiger partial charge in [0.1, 0.15) is 18.2 Å². The zero-order valence-corrected chi connectivity index (χ0v) is 13.5. The standard InChI is InChI=1S/C14H19N5O5/c1-14(2)12(21)17-13(22)19(14)7-10(20)15-6-9-16-11(24-18-9)8-4-3-5-23-8/h8H,3-7H2,1-2H3,(H,15,20)(H,17,21,22)/t8-/m0/s1. The number of carbonyl (C=O) groups is 3. The number of ether oxygens (including phenoxy) is 1. The maximum atomic E-state index is 12.0. The van der Waals surface area contributed by atoms with Crippen LogP contribution in [0, 0.1) is 0 Å². The number of imide groups is 1. The quantitative estimate of drug-likeness (QED) is 0.716. The van der Waals surface area contributed by atoms with Crippen LogP contribution in [-0.4, -0.2) is 51.6 Å². The Morgan fingerprint density at radius 1 is 1.46 bits per heavy atom. The molecule has 2 aliphatic rings. The number of urea groups is 1. The van der Waals surface area contributed by atoms with Gasteiger partial charge < -0.3 is 19.5 Å². The number of hydrogen-bond donors (Lipinski definition) is 2. The molecule has 0 unspecified atom stereocenters. The van der Waals surface area contributed by atoms with E-state index < -0.39 is 23.4 Å². The van der Waals surface area contributed by atoms with Crippen LogP contribution in [0.4, 0.5) is 4.79 Å². The lowest BCUT2D eigenvalue weighted by Gasteiger charge is -2.26. The van der Waals surface area contributed by atoms with Crippen LogP contribution < -0.4 is 10.6 Å². The van der Waals surface area contributed by atoms with Crippen LogP contribution in [0.15, 0.2) is 4.52 Å². The molecule has 0 radical (unpaired) electrons. The van der Waals surface area contributed by atoms with Gasteiger partial charge in [0.15, 0.2) is 5.82 Å². The van der Waals surface area contributed by atoms with Crippen molar-refractivity contribution in [3.8, 4) is 0 Å². The Morgan fingerprint density at radius 2 is 2.25 bits per heavy atom. The molecule has 1 aromatic rings. The third-order valence-electron chi connectivity index (χ3n) is 4.13. The lowest BCUT2D eigenvalue weighted by Crippen LogP contribution is -2.48. The van der Waals surface area contributed by atoms with E-state index in [2.05, 4.69) is 20.8 Å². The Labute approximate surface area is 137 Å². The van der Waals surface area contributed by atoms with Gasteiger partial charge >= 0.3 is 6.03 Å². The summed E-state index contributed by atoms with van der Waals surface area (Å²) >= 11 is 0. The van der Waals surface area contributed by atoms with Gasteiger partial charge in [0.25, 0.3) is 11.8 Å². The molecule has 3 heterocycles. The molecule has 130 valence electrons. The fourth-order valence-corrected chi connectivity index (χ4v) is 2.58. The second-order valence-corrected chi connectivity index (χ2v) is 6.23. The van der Waals surface area contributed by atoms with Crippen molar-refractivity contribution in [2.75, 3.05) is 13.2 Å². The highest BCUT2D eigenvalue weighted by Gasteiger charge is 2.46. The highest BCUT2D eigenvalue weighted by atomic mass is 16.5. The average Bonchev–Trinajstić information content (AvgIpc) is 3.23. The van der Waals surface area contributed by atoms with Crippen molar-refractivity contribution in [3.63, 3.8) is 0 Å². The Bertz CT molecular complexity index is 664. The monoisotopic (exact) mass is 337 g/mol. The summed E-state index contributed by atoms with van der Waals surface area (Å²) in [6, 6.07) is -0.583. The van der Waals surface area contributed by atoms with Crippen LogP contribution >= 0.6 is 0 Å². The number of hydrogen-bond acceptors (Lipinski definition) is 7. The van der Waals surface area contributed by atoms with E-state index in [1.807, 2.05) is 0 Å². The molecule has 0 saturated carbocycles. The van der Waals surface area contributed by atoms with Crippen molar-refractivity contribution >= 4 is 17.8 Å². The maximum absolute atomic E-state index is 12.0. The molecule has 0 spiro atoms. The summed E-state index contributed by atoms with van der Waals surface area (Å²) in [7, 11) is 0. The minimum absolute atomic E-state index is 0.0683. The van der Waals surface area contributed by atoms with Crippen LogP contribution in [0.3, 0.4) is 0 Å². The zero-order valence-electron chi connectivity index (χ0n) is 13.5. The van der Waals surface area contributed by atoms with Crippen molar-refractivity contribution in [1.29, 1.82) is 0 Å². The molecule has 2 aliphatic heterocycles. The summed E-state index contributed by atoms with van der Waals surface area (Å²) in [6.45, 7) is 3.66. The first-order valence-corrected chi connectivity index (χ1v) is 7.72. The van der Waals surface area contributed by atoms with Gasteiger partial charge in [0, 0.05) is 6.61 Å². The SMILES string of the molecule is CC1(C)C(=O)NC(=O)N1CC(=O)NCc1noc([C@@H]2CCCO2)n1. The predicted octanol–water partition coefficient (Wildman–Crippen LogP) is -0.132. The molecule has 10 heteroatoms. The summed E-state index contributed by atoms with van der Waals surface area (Å²) in [5.41, 5.74) is -1.06. The van der Waals surface area contributed by atoms with Gasteiger partial charge in [-0.2, -0.15) is 4.98 Å². The third kappa shape index (κ3) is 3.09. The van der Waals surface area contributed by atoms with E-state index in [0.29, 0.717) is 18.3 Å². The second-order valence-electron chi connectivity index (χ2n) is 6.23. The minimum atomic E-state index is -1.06. The van der Waals surface area contributed by atoms with Gasteiger partial charge in [-0.25, -0.2) is 4.79 Å². The Morgan fingerprint density at radius 3 is 2.88 bits per heavy atom. The van der Waals surface area contributed by atoms with Crippen molar-refractivity contribution in [1.82, 2.24) is 25.7 Å². The van der Waals surface area contributed by atoms with Crippen molar-refractivity contribution < 1.29 is 23.6 Å². The van der Waals surface area contributed by atoms with Crippen LogP contribution in [0.1, 0.15) is 44.5 Å². The van der Waals surface area contributed by atoms with Crippen LogP contribution in [0.25, 0.3) is 0 Å². The smallest absolute Gasteiger partial charge is 0.325 e. The molecule has 24 heavy (non-hydrogen) atoms. The van der Waals surface area contributed by atoms with E-state index in [4.69, 9.17) is 9.26 Å². The number of nitrogens with zero attached hydrogens (tertiary/aromatic N) is 3. The van der Waals surface area contributed by atoms with Crippen molar-refractivity contribution in [2.24, 2.45) is 0 Å². The number of aromatic nitrogens is 2. The first-order chi connectivity index (χ1) is 11.4. The Kier molecular flexibility index (Phi) is 4.22. The summed E-state index contributed by atoms with van der Waals surface area (Å²) in [6.07, 6.45) is 1.61. The largest absolute Gasteiger partial charge is 0.368 e. The summed E-state index contributed by atoms with van der Waals surface area (Å²) in [5.74, 6) is -0.117. The first-order valence-electron chi connectivity index (χ1n) is 7.72. The molecule has 1 atom stereocenters. The second kappa shape index (κ2) is 6.19. The molecule has 0 aromatic carbocycles. The molecular weight excluding hydrogens is 318 g/mol. The molecule has 0 aliphatic carbocycles. The normalized spacial score (nSPS) is 22.8. The highest BCUT2D eigenvalue weighted by molar-refractivity contribution is 6.07. The molecule has 2 N–H and O–H groups in total. The van der Waals surface area contributed by atoms with Crippen LogP contribution in [0.2, 0.25) is 0 Å². The number of carbonyl (C=O) groups excluding carboxylic acids is 3. The van der Waals surface area contributed by atoms with E-state index >= 15 is 0 Å². The van der Waals surface area contributed by atoms with E-state index in [9.17, 15) is 14.4 Å². The van der Waals surface area contributed by atoms with Gasteiger partial charge in [-0.3, -0.25) is 14.9 Å².